The second kappa shape index (κ2) is 6.83. The minimum atomic E-state index is -0.290. The van der Waals surface area contributed by atoms with Crippen LogP contribution in [0.15, 0.2) is 36.4 Å². The fraction of sp³-hybridized carbons (Fsp3) is 0.188. The number of para-hydroxylation sites is 1. The van der Waals surface area contributed by atoms with Gasteiger partial charge in [-0.05, 0) is 37.1 Å². The molecule has 0 saturated carbocycles. The van der Waals surface area contributed by atoms with Crippen LogP contribution in [0.3, 0.4) is 0 Å². The molecule has 1 N–H and O–H groups in total. The Morgan fingerprint density at radius 2 is 1.71 bits per heavy atom. The second-order valence-electron chi connectivity index (χ2n) is 4.66. The lowest BCUT2D eigenvalue weighted by Gasteiger charge is -2.12. The van der Waals surface area contributed by atoms with Crippen molar-refractivity contribution in [3.8, 4) is 5.75 Å². The maximum Gasteiger partial charge on any atom is 0.262 e. The molecule has 2 rings (SSSR count). The number of ether oxygens (including phenoxy) is 1. The minimum absolute atomic E-state index is 0.0888. The number of hydrogen-bond acceptors (Lipinski definition) is 2. The molecule has 0 unspecified atom stereocenters. The van der Waals surface area contributed by atoms with Gasteiger partial charge < -0.3 is 10.1 Å². The van der Waals surface area contributed by atoms with Gasteiger partial charge in [-0.3, -0.25) is 4.79 Å². The highest BCUT2D eigenvalue weighted by Crippen LogP contribution is 2.29. The molecular weight excluding hydrogens is 309 g/mol. The van der Waals surface area contributed by atoms with Crippen molar-refractivity contribution in [2.45, 2.75) is 13.8 Å². The molecule has 3 nitrogen and oxygen atoms in total. The van der Waals surface area contributed by atoms with E-state index in [1.807, 2.05) is 32.0 Å². The smallest absolute Gasteiger partial charge is 0.262 e. The topological polar surface area (TPSA) is 38.3 Å². The van der Waals surface area contributed by atoms with Gasteiger partial charge in [0.25, 0.3) is 5.91 Å². The minimum Gasteiger partial charge on any atom is -0.483 e. The molecule has 0 aliphatic carbocycles. The van der Waals surface area contributed by atoms with E-state index < -0.39 is 0 Å². The van der Waals surface area contributed by atoms with E-state index in [1.54, 1.807) is 18.2 Å². The Morgan fingerprint density at radius 1 is 1.10 bits per heavy atom. The van der Waals surface area contributed by atoms with Gasteiger partial charge in [0, 0.05) is 0 Å². The molecule has 0 heterocycles. The highest BCUT2D eigenvalue weighted by atomic mass is 35.5. The summed E-state index contributed by atoms with van der Waals surface area (Å²) in [6.45, 7) is 3.79. The number of aryl methyl sites for hydroxylation is 2. The number of hydrogen-bond donors (Lipinski definition) is 1. The molecule has 0 fully saturated rings. The SMILES string of the molecule is Cc1cccc(C)c1OCC(=O)Nc1cccc(Cl)c1Cl. The first-order valence-electron chi connectivity index (χ1n) is 6.42. The molecule has 0 aromatic heterocycles. The van der Waals surface area contributed by atoms with Crippen LogP contribution in [-0.2, 0) is 4.79 Å². The monoisotopic (exact) mass is 323 g/mol. The third kappa shape index (κ3) is 3.90. The summed E-state index contributed by atoms with van der Waals surface area (Å²) in [4.78, 5) is 11.9. The Hall–Kier alpha value is -1.71. The molecule has 110 valence electrons. The van der Waals surface area contributed by atoms with E-state index in [0.29, 0.717) is 15.7 Å². The lowest BCUT2D eigenvalue weighted by molar-refractivity contribution is -0.118. The number of anilines is 1. The van der Waals surface area contributed by atoms with Crippen molar-refractivity contribution in [2.24, 2.45) is 0 Å². The van der Waals surface area contributed by atoms with Crippen molar-refractivity contribution < 1.29 is 9.53 Å². The maximum atomic E-state index is 11.9. The average Bonchev–Trinajstić information content (AvgIpc) is 2.43. The molecule has 1 amide bonds. The Kier molecular flexibility index (Phi) is 5.10. The molecule has 0 aliphatic rings. The molecular formula is C16H15Cl2NO2. The van der Waals surface area contributed by atoms with Crippen LogP contribution in [0, 0.1) is 13.8 Å². The third-order valence-corrected chi connectivity index (χ3v) is 3.80. The molecule has 0 saturated heterocycles. The van der Waals surface area contributed by atoms with E-state index in [-0.39, 0.29) is 12.5 Å². The largest absolute Gasteiger partial charge is 0.483 e. The first-order valence-corrected chi connectivity index (χ1v) is 7.17. The molecule has 5 heteroatoms. The van der Waals surface area contributed by atoms with Crippen LogP contribution in [0.2, 0.25) is 10.0 Å². The summed E-state index contributed by atoms with van der Waals surface area (Å²) in [5.74, 6) is 0.437. The first kappa shape index (κ1) is 15.7. The summed E-state index contributed by atoms with van der Waals surface area (Å²) in [5, 5.41) is 3.39. The zero-order valence-corrected chi connectivity index (χ0v) is 13.3. The van der Waals surface area contributed by atoms with Gasteiger partial charge in [0.05, 0.1) is 15.7 Å². The fourth-order valence-electron chi connectivity index (χ4n) is 1.95. The molecule has 0 radical (unpaired) electrons. The van der Waals surface area contributed by atoms with Gasteiger partial charge in [0.1, 0.15) is 5.75 Å². The van der Waals surface area contributed by atoms with Crippen LogP contribution in [0.1, 0.15) is 11.1 Å². The lowest BCUT2D eigenvalue weighted by Crippen LogP contribution is -2.20. The summed E-state index contributed by atoms with van der Waals surface area (Å²) in [5.41, 5.74) is 2.45. The molecule has 0 bridgehead atoms. The van der Waals surface area contributed by atoms with Crippen LogP contribution in [-0.4, -0.2) is 12.5 Å². The Balaban J connectivity index is 2.01. The van der Waals surface area contributed by atoms with E-state index in [1.165, 1.54) is 0 Å². The molecule has 0 atom stereocenters. The van der Waals surface area contributed by atoms with Crippen molar-refractivity contribution in [3.63, 3.8) is 0 Å². The predicted molar refractivity (Wildman–Crippen MR) is 86.5 cm³/mol. The molecule has 21 heavy (non-hydrogen) atoms. The van der Waals surface area contributed by atoms with E-state index in [2.05, 4.69) is 5.32 Å². The normalized spacial score (nSPS) is 10.3. The summed E-state index contributed by atoms with van der Waals surface area (Å²) in [6.07, 6.45) is 0. The van der Waals surface area contributed by atoms with Crippen LogP contribution in [0.5, 0.6) is 5.75 Å². The van der Waals surface area contributed by atoms with Gasteiger partial charge in [-0.25, -0.2) is 0 Å². The van der Waals surface area contributed by atoms with E-state index in [9.17, 15) is 4.79 Å². The molecule has 0 aliphatic heterocycles. The zero-order valence-electron chi connectivity index (χ0n) is 11.7. The van der Waals surface area contributed by atoms with E-state index in [4.69, 9.17) is 27.9 Å². The van der Waals surface area contributed by atoms with Gasteiger partial charge in [-0.2, -0.15) is 0 Å². The van der Waals surface area contributed by atoms with Crippen molar-refractivity contribution in [2.75, 3.05) is 11.9 Å². The third-order valence-electron chi connectivity index (χ3n) is 2.98. The number of rotatable bonds is 4. The van der Waals surface area contributed by atoms with Crippen LogP contribution >= 0.6 is 23.2 Å². The molecule has 2 aromatic carbocycles. The fourth-order valence-corrected chi connectivity index (χ4v) is 2.30. The van der Waals surface area contributed by atoms with Gasteiger partial charge in [0.2, 0.25) is 0 Å². The average molecular weight is 324 g/mol. The zero-order chi connectivity index (χ0) is 15.4. The van der Waals surface area contributed by atoms with Gasteiger partial charge >= 0.3 is 0 Å². The van der Waals surface area contributed by atoms with Crippen LogP contribution < -0.4 is 10.1 Å². The van der Waals surface area contributed by atoms with E-state index >= 15 is 0 Å². The standard InChI is InChI=1S/C16H15Cl2NO2/c1-10-5-3-6-11(2)16(10)21-9-14(20)19-13-8-4-7-12(17)15(13)18/h3-8H,9H2,1-2H3,(H,19,20). The van der Waals surface area contributed by atoms with Crippen LogP contribution in [0.25, 0.3) is 0 Å². The summed E-state index contributed by atoms with van der Waals surface area (Å²) >= 11 is 11.9. The maximum absolute atomic E-state index is 11.9. The quantitative estimate of drug-likeness (QED) is 0.890. The number of nitrogens with one attached hydrogen (secondary N) is 1. The Bertz CT molecular complexity index is 651. The number of amides is 1. The predicted octanol–water partition coefficient (Wildman–Crippen LogP) is 4.63. The van der Waals surface area contributed by atoms with Gasteiger partial charge in [0.15, 0.2) is 6.61 Å². The number of benzene rings is 2. The number of carbonyl (C=O) groups excluding carboxylic acids is 1. The molecule has 0 spiro atoms. The highest BCUT2D eigenvalue weighted by Gasteiger charge is 2.10. The van der Waals surface area contributed by atoms with Crippen molar-refractivity contribution in [1.29, 1.82) is 0 Å². The lowest BCUT2D eigenvalue weighted by atomic mass is 10.1. The van der Waals surface area contributed by atoms with Crippen molar-refractivity contribution >= 4 is 34.8 Å². The molecule has 2 aromatic rings. The van der Waals surface area contributed by atoms with Crippen LogP contribution in [0.4, 0.5) is 5.69 Å². The van der Waals surface area contributed by atoms with Crippen molar-refractivity contribution in [3.05, 3.63) is 57.6 Å². The Labute approximate surface area is 133 Å². The van der Waals surface area contributed by atoms with Crippen molar-refractivity contribution in [1.82, 2.24) is 0 Å². The first-order chi connectivity index (χ1) is 9.99. The Morgan fingerprint density at radius 3 is 2.38 bits per heavy atom. The summed E-state index contributed by atoms with van der Waals surface area (Å²) < 4.78 is 5.58. The highest BCUT2D eigenvalue weighted by molar-refractivity contribution is 6.43. The number of carbonyl (C=O) groups is 1. The van der Waals surface area contributed by atoms with E-state index in [0.717, 1.165) is 16.9 Å². The van der Waals surface area contributed by atoms with Gasteiger partial charge in [-0.15, -0.1) is 0 Å². The summed E-state index contributed by atoms with van der Waals surface area (Å²) in [7, 11) is 0. The second-order valence-corrected chi connectivity index (χ2v) is 5.44. The summed E-state index contributed by atoms with van der Waals surface area (Å²) in [6, 6.07) is 10.9. The van der Waals surface area contributed by atoms with Gasteiger partial charge in [-0.1, -0.05) is 47.5 Å². The number of halogens is 2.